The zero-order valence-electron chi connectivity index (χ0n) is 11.0. The number of benzene rings is 1. The molecule has 1 aliphatic carbocycles. The summed E-state index contributed by atoms with van der Waals surface area (Å²) in [7, 11) is 0. The van der Waals surface area contributed by atoms with Gasteiger partial charge in [0.25, 0.3) is 0 Å². The van der Waals surface area contributed by atoms with Crippen molar-refractivity contribution in [3.05, 3.63) is 48.0 Å². The molecule has 0 aromatic heterocycles. The molecule has 96 valence electrons. The maximum Gasteiger partial charge on any atom is 0.223 e. The van der Waals surface area contributed by atoms with Gasteiger partial charge in [0, 0.05) is 12.0 Å². The normalized spacial score (nSPS) is 16.1. The maximum atomic E-state index is 11.8. The second kappa shape index (κ2) is 5.85. The van der Waals surface area contributed by atoms with Gasteiger partial charge in [-0.05, 0) is 38.2 Å². The number of hydrogen-bond acceptors (Lipinski definition) is 1. The molecule has 0 radical (unpaired) electrons. The fraction of sp³-hybridized carbons (Fsp3) is 0.438. The lowest BCUT2D eigenvalue weighted by Crippen LogP contribution is -2.37. The predicted molar refractivity (Wildman–Crippen MR) is 74.2 cm³/mol. The Kier molecular flexibility index (Phi) is 4.19. The van der Waals surface area contributed by atoms with Crippen molar-refractivity contribution in [1.29, 1.82) is 0 Å². The van der Waals surface area contributed by atoms with Crippen molar-refractivity contribution in [2.45, 2.75) is 38.6 Å². The van der Waals surface area contributed by atoms with Gasteiger partial charge in [-0.3, -0.25) is 4.79 Å². The van der Waals surface area contributed by atoms with Crippen LogP contribution in [0.5, 0.6) is 0 Å². The van der Waals surface area contributed by atoms with E-state index in [1.807, 2.05) is 25.1 Å². The summed E-state index contributed by atoms with van der Waals surface area (Å²) in [6.45, 7) is 5.97. The van der Waals surface area contributed by atoms with Gasteiger partial charge in [-0.2, -0.15) is 0 Å². The molecule has 0 bridgehead atoms. The molecule has 18 heavy (non-hydrogen) atoms. The van der Waals surface area contributed by atoms with Crippen LogP contribution in [0.25, 0.3) is 0 Å². The lowest BCUT2D eigenvalue weighted by atomic mass is 10.00. The predicted octanol–water partition coefficient (Wildman–Crippen LogP) is 3.09. The Balaban J connectivity index is 1.95. The van der Waals surface area contributed by atoms with E-state index >= 15 is 0 Å². The van der Waals surface area contributed by atoms with E-state index in [-0.39, 0.29) is 17.9 Å². The van der Waals surface area contributed by atoms with Gasteiger partial charge >= 0.3 is 0 Å². The minimum Gasteiger partial charge on any atom is -0.352 e. The average Bonchev–Trinajstić information content (AvgIpc) is 3.13. The smallest absolute Gasteiger partial charge is 0.223 e. The number of hydrogen-bond donors (Lipinski definition) is 1. The zero-order valence-corrected chi connectivity index (χ0v) is 11.0. The summed E-state index contributed by atoms with van der Waals surface area (Å²) in [5, 5.41) is 3.16. The van der Waals surface area contributed by atoms with Gasteiger partial charge in [0.05, 0.1) is 0 Å². The molecule has 2 nitrogen and oxygen atoms in total. The third-order valence-electron chi connectivity index (χ3n) is 3.21. The van der Waals surface area contributed by atoms with Crippen LogP contribution in [0, 0.1) is 5.92 Å². The topological polar surface area (TPSA) is 29.1 Å². The summed E-state index contributed by atoms with van der Waals surface area (Å²) in [6, 6.07) is 10.5. The molecular formula is C16H21NO. The standard InChI is InChI=1S/C16H21NO/c1-12(2)10-15(17-16(18)14-8-9-14)11-13-6-4-3-5-7-13/h3-7,14-15H,1,8-11H2,2H3,(H,17,18)/t15-/m0/s1. The van der Waals surface area contributed by atoms with E-state index in [1.54, 1.807) is 0 Å². The van der Waals surface area contributed by atoms with E-state index in [4.69, 9.17) is 0 Å². The Morgan fingerprint density at radius 2 is 2.06 bits per heavy atom. The van der Waals surface area contributed by atoms with Crippen molar-refractivity contribution in [3.63, 3.8) is 0 Å². The molecule has 0 unspecified atom stereocenters. The number of nitrogens with one attached hydrogen (secondary N) is 1. The van der Waals surface area contributed by atoms with Gasteiger partial charge in [0.2, 0.25) is 5.91 Å². The highest BCUT2D eigenvalue weighted by atomic mass is 16.2. The van der Waals surface area contributed by atoms with Crippen LogP contribution in [0.1, 0.15) is 31.7 Å². The third kappa shape index (κ3) is 4.02. The first-order valence-corrected chi connectivity index (χ1v) is 6.64. The second-order valence-corrected chi connectivity index (χ2v) is 5.33. The maximum absolute atomic E-state index is 11.8. The first-order valence-electron chi connectivity index (χ1n) is 6.64. The number of carbonyl (C=O) groups excluding carboxylic acids is 1. The van der Waals surface area contributed by atoms with Gasteiger partial charge in [-0.25, -0.2) is 0 Å². The number of amides is 1. The summed E-state index contributed by atoms with van der Waals surface area (Å²) in [5.41, 5.74) is 2.38. The molecule has 1 saturated carbocycles. The molecule has 1 N–H and O–H groups in total. The first kappa shape index (κ1) is 12.9. The SMILES string of the molecule is C=C(C)C[C@@H](Cc1ccccc1)NC(=O)C1CC1. The quantitative estimate of drug-likeness (QED) is 0.764. The minimum absolute atomic E-state index is 0.179. The summed E-state index contributed by atoms with van der Waals surface area (Å²) < 4.78 is 0. The van der Waals surface area contributed by atoms with Crippen molar-refractivity contribution < 1.29 is 4.79 Å². The molecule has 2 heteroatoms. The van der Waals surface area contributed by atoms with Crippen molar-refractivity contribution in [1.82, 2.24) is 5.32 Å². The van der Waals surface area contributed by atoms with Crippen LogP contribution in [0.15, 0.2) is 42.5 Å². The molecule has 0 saturated heterocycles. The van der Waals surface area contributed by atoms with Crippen molar-refractivity contribution in [2.75, 3.05) is 0 Å². The summed E-state index contributed by atoms with van der Waals surface area (Å²) in [5.74, 6) is 0.491. The van der Waals surface area contributed by atoms with Gasteiger partial charge in [-0.1, -0.05) is 35.9 Å². The van der Waals surface area contributed by atoms with E-state index in [0.717, 1.165) is 31.3 Å². The van der Waals surface area contributed by atoms with E-state index in [9.17, 15) is 4.79 Å². The van der Waals surface area contributed by atoms with E-state index in [0.29, 0.717) is 0 Å². The largest absolute Gasteiger partial charge is 0.352 e. The van der Waals surface area contributed by atoms with Crippen molar-refractivity contribution in [2.24, 2.45) is 5.92 Å². The highest BCUT2D eigenvalue weighted by molar-refractivity contribution is 5.81. The number of carbonyl (C=O) groups is 1. The van der Waals surface area contributed by atoms with Gasteiger partial charge in [0.1, 0.15) is 0 Å². The lowest BCUT2D eigenvalue weighted by Gasteiger charge is -2.19. The van der Waals surface area contributed by atoms with E-state index < -0.39 is 0 Å². The molecule has 1 aromatic rings. The summed E-state index contributed by atoms with van der Waals surface area (Å²) in [4.78, 5) is 11.8. The molecule has 1 atom stereocenters. The first-order chi connectivity index (χ1) is 8.65. The molecule has 0 spiro atoms. The monoisotopic (exact) mass is 243 g/mol. The van der Waals surface area contributed by atoms with Gasteiger partial charge in [-0.15, -0.1) is 6.58 Å². The fourth-order valence-electron chi connectivity index (χ4n) is 2.16. The van der Waals surface area contributed by atoms with Crippen LogP contribution in [0.2, 0.25) is 0 Å². The van der Waals surface area contributed by atoms with Crippen LogP contribution >= 0.6 is 0 Å². The molecule has 1 fully saturated rings. The van der Waals surface area contributed by atoms with E-state index in [2.05, 4.69) is 24.0 Å². The molecule has 1 amide bonds. The molecule has 0 aliphatic heterocycles. The molecular weight excluding hydrogens is 222 g/mol. The van der Waals surface area contributed by atoms with E-state index in [1.165, 1.54) is 5.56 Å². The summed E-state index contributed by atoms with van der Waals surface area (Å²) >= 11 is 0. The number of rotatable bonds is 6. The van der Waals surface area contributed by atoms with Crippen LogP contribution < -0.4 is 5.32 Å². The summed E-state index contributed by atoms with van der Waals surface area (Å²) in [6.07, 6.45) is 3.84. The fourth-order valence-corrected chi connectivity index (χ4v) is 2.16. The zero-order chi connectivity index (χ0) is 13.0. The Bertz CT molecular complexity index is 420. The third-order valence-corrected chi connectivity index (χ3v) is 3.21. The van der Waals surface area contributed by atoms with Crippen molar-refractivity contribution in [3.8, 4) is 0 Å². The average molecular weight is 243 g/mol. The highest BCUT2D eigenvalue weighted by Gasteiger charge is 2.30. The van der Waals surface area contributed by atoms with Crippen LogP contribution in [-0.2, 0) is 11.2 Å². The van der Waals surface area contributed by atoms with Crippen LogP contribution in [0.3, 0.4) is 0 Å². The second-order valence-electron chi connectivity index (χ2n) is 5.33. The Hall–Kier alpha value is -1.57. The Labute approximate surface area is 109 Å². The highest BCUT2D eigenvalue weighted by Crippen LogP contribution is 2.29. The molecule has 1 aromatic carbocycles. The van der Waals surface area contributed by atoms with Crippen molar-refractivity contribution >= 4 is 5.91 Å². The Morgan fingerprint density at radius 3 is 2.61 bits per heavy atom. The Morgan fingerprint density at radius 1 is 1.39 bits per heavy atom. The molecule has 1 aliphatic rings. The lowest BCUT2D eigenvalue weighted by molar-refractivity contribution is -0.123. The van der Waals surface area contributed by atoms with Gasteiger partial charge < -0.3 is 5.32 Å². The van der Waals surface area contributed by atoms with Crippen LogP contribution in [0.4, 0.5) is 0 Å². The van der Waals surface area contributed by atoms with Gasteiger partial charge in [0.15, 0.2) is 0 Å². The molecule has 2 rings (SSSR count). The minimum atomic E-state index is 0.179. The van der Waals surface area contributed by atoms with Crippen LogP contribution in [-0.4, -0.2) is 11.9 Å². The molecule has 0 heterocycles.